The van der Waals surface area contributed by atoms with Gasteiger partial charge < -0.3 is 9.47 Å². The number of carbonyl (C=O) groups excluding carboxylic acids is 2. The summed E-state index contributed by atoms with van der Waals surface area (Å²) in [6, 6.07) is 16.0. The summed E-state index contributed by atoms with van der Waals surface area (Å²) in [5.74, 6) is -0.919. The highest BCUT2D eigenvalue weighted by Gasteiger charge is 2.35. The zero-order valence-corrected chi connectivity index (χ0v) is 21.1. The van der Waals surface area contributed by atoms with Crippen LogP contribution in [0.1, 0.15) is 28.1 Å². The Bertz CT molecular complexity index is 1350. The summed E-state index contributed by atoms with van der Waals surface area (Å²) >= 11 is 5.35. The van der Waals surface area contributed by atoms with Crippen molar-refractivity contribution in [2.45, 2.75) is 27.7 Å². The number of hydrogen-bond acceptors (Lipinski definition) is 4. The monoisotopic (exact) mass is 472 g/mol. The Balaban J connectivity index is 1.74. The summed E-state index contributed by atoms with van der Waals surface area (Å²) in [7, 11) is 4.01. The van der Waals surface area contributed by atoms with E-state index < -0.39 is 11.8 Å². The molecule has 7 heteroatoms. The van der Waals surface area contributed by atoms with Crippen LogP contribution in [-0.4, -0.2) is 35.6 Å². The van der Waals surface area contributed by atoms with Gasteiger partial charge in [0.2, 0.25) is 0 Å². The molecule has 0 spiro atoms. The molecule has 6 nitrogen and oxygen atoms in total. The third kappa shape index (κ3) is 4.15. The van der Waals surface area contributed by atoms with Crippen LogP contribution in [0.2, 0.25) is 0 Å². The maximum absolute atomic E-state index is 13.5. The van der Waals surface area contributed by atoms with Gasteiger partial charge >= 0.3 is 0 Å². The van der Waals surface area contributed by atoms with Crippen molar-refractivity contribution in [1.29, 1.82) is 0 Å². The maximum Gasteiger partial charge on any atom is 0.270 e. The standard InChI is InChI=1S/C27H28N4O2S/c1-16-7-12-24(17(2)13-16)31-26(33)23(25(32)28-27(31)34)15-20-14-18(3)30(19(20)4)22-10-8-21(9-11-22)29(5)6/h7-15H,1-6H3,(H,28,32,34)/b23-15+. The van der Waals surface area contributed by atoms with Crippen molar-refractivity contribution in [3.05, 3.63) is 82.2 Å². The largest absolute Gasteiger partial charge is 0.378 e. The molecule has 0 unspecified atom stereocenters. The number of benzene rings is 2. The molecule has 2 aromatic carbocycles. The molecule has 0 bridgehead atoms. The highest BCUT2D eigenvalue weighted by atomic mass is 32.1. The van der Waals surface area contributed by atoms with Gasteiger partial charge in [-0.05, 0) is 93.5 Å². The molecule has 1 aliphatic heterocycles. The molecule has 2 amide bonds. The molecular weight excluding hydrogens is 444 g/mol. The van der Waals surface area contributed by atoms with Gasteiger partial charge in [-0.25, -0.2) is 0 Å². The Morgan fingerprint density at radius 2 is 1.62 bits per heavy atom. The highest BCUT2D eigenvalue weighted by molar-refractivity contribution is 7.80. The minimum Gasteiger partial charge on any atom is -0.378 e. The van der Waals surface area contributed by atoms with Gasteiger partial charge in [-0.2, -0.15) is 0 Å². The number of rotatable bonds is 4. The molecule has 2 heterocycles. The van der Waals surface area contributed by atoms with Crippen LogP contribution in [0.5, 0.6) is 0 Å². The zero-order valence-electron chi connectivity index (χ0n) is 20.3. The number of hydrogen-bond donors (Lipinski definition) is 1. The van der Waals surface area contributed by atoms with Gasteiger partial charge in [0.15, 0.2) is 5.11 Å². The molecule has 1 aromatic heterocycles. The summed E-state index contributed by atoms with van der Waals surface area (Å²) < 4.78 is 2.11. The van der Waals surface area contributed by atoms with E-state index in [1.165, 1.54) is 4.90 Å². The van der Waals surface area contributed by atoms with Crippen LogP contribution in [0.25, 0.3) is 11.8 Å². The normalized spacial score (nSPS) is 15.2. The topological polar surface area (TPSA) is 57.6 Å². The Labute approximate surface area is 205 Å². The number of carbonyl (C=O) groups is 2. The number of aromatic nitrogens is 1. The lowest BCUT2D eigenvalue weighted by Crippen LogP contribution is -2.54. The SMILES string of the molecule is Cc1ccc(N2C(=O)/C(=C/c3cc(C)n(-c4ccc(N(C)C)cc4)c3C)C(=O)NC2=S)c(C)c1. The molecule has 34 heavy (non-hydrogen) atoms. The molecular formula is C27H28N4O2S. The predicted molar refractivity (Wildman–Crippen MR) is 142 cm³/mol. The van der Waals surface area contributed by atoms with E-state index in [4.69, 9.17) is 12.2 Å². The minimum absolute atomic E-state index is 0.0526. The van der Waals surface area contributed by atoms with Crippen molar-refractivity contribution in [2.75, 3.05) is 23.9 Å². The summed E-state index contributed by atoms with van der Waals surface area (Å²) in [5.41, 5.74) is 7.59. The molecule has 3 aromatic rings. The lowest BCUT2D eigenvalue weighted by atomic mass is 10.0. The third-order valence-corrected chi connectivity index (χ3v) is 6.37. The molecule has 4 rings (SSSR count). The summed E-state index contributed by atoms with van der Waals surface area (Å²) in [6.45, 7) is 7.91. The van der Waals surface area contributed by atoms with E-state index in [0.29, 0.717) is 5.69 Å². The Hall–Kier alpha value is -3.71. The lowest BCUT2D eigenvalue weighted by molar-refractivity contribution is -0.122. The predicted octanol–water partition coefficient (Wildman–Crippen LogP) is 4.61. The van der Waals surface area contributed by atoms with E-state index in [0.717, 1.165) is 39.5 Å². The molecule has 174 valence electrons. The summed E-state index contributed by atoms with van der Waals surface area (Å²) in [5, 5.41) is 2.77. The second-order valence-corrected chi connectivity index (χ2v) is 9.21. The lowest BCUT2D eigenvalue weighted by Gasteiger charge is -2.30. The van der Waals surface area contributed by atoms with E-state index >= 15 is 0 Å². The number of nitrogens with one attached hydrogen (secondary N) is 1. The average molecular weight is 473 g/mol. The van der Waals surface area contributed by atoms with Gasteiger partial charge in [-0.15, -0.1) is 0 Å². The van der Waals surface area contributed by atoms with E-state index in [2.05, 4.69) is 34.1 Å². The molecule has 1 saturated heterocycles. The van der Waals surface area contributed by atoms with Crippen LogP contribution in [0.4, 0.5) is 11.4 Å². The number of anilines is 2. The molecule has 0 saturated carbocycles. The first-order valence-electron chi connectivity index (χ1n) is 11.0. The van der Waals surface area contributed by atoms with Crippen LogP contribution in [0.3, 0.4) is 0 Å². The second kappa shape index (κ2) is 8.91. The average Bonchev–Trinajstić information content (AvgIpc) is 3.05. The van der Waals surface area contributed by atoms with Gasteiger partial charge in [-0.1, -0.05) is 17.7 Å². The van der Waals surface area contributed by atoms with Gasteiger partial charge in [0.25, 0.3) is 11.8 Å². The van der Waals surface area contributed by atoms with Crippen molar-refractivity contribution in [3.8, 4) is 5.69 Å². The minimum atomic E-state index is -0.490. The first kappa shape index (κ1) is 23.4. The van der Waals surface area contributed by atoms with Crippen LogP contribution < -0.4 is 15.1 Å². The Morgan fingerprint density at radius 3 is 2.24 bits per heavy atom. The quantitative estimate of drug-likeness (QED) is 0.342. The van der Waals surface area contributed by atoms with Gasteiger partial charge in [-0.3, -0.25) is 19.8 Å². The van der Waals surface area contributed by atoms with Crippen molar-refractivity contribution in [3.63, 3.8) is 0 Å². The summed E-state index contributed by atoms with van der Waals surface area (Å²) in [6.07, 6.45) is 1.66. The van der Waals surface area contributed by atoms with Crippen LogP contribution in [0.15, 0.2) is 54.1 Å². The number of aryl methyl sites for hydroxylation is 3. The first-order chi connectivity index (χ1) is 16.1. The highest BCUT2D eigenvalue weighted by Crippen LogP contribution is 2.28. The number of thiocarbonyl (C=S) groups is 1. The van der Waals surface area contributed by atoms with Crippen molar-refractivity contribution in [1.82, 2.24) is 9.88 Å². The first-order valence-corrected chi connectivity index (χ1v) is 11.4. The zero-order chi connectivity index (χ0) is 24.7. The van der Waals surface area contributed by atoms with E-state index in [1.807, 2.05) is 71.0 Å². The van der Waals surface area contributed by atoms with Gasteiger partial charge in [0.05, 0.1) is 5.69 Å². The maximum atomic E-state index is 13.5. The fourth-order valence-corrected chi connectivity index (χ4v) is 4.59. The van der Waals surface area contributed by atoms with Crippen LogP contribution in [-0.2, 0) is 9.59 Å². The molecule has 1 fully saturated rings. The Morgan fingerprint density at radius 1 is 0.941 bits per heavy atom. The molecule has 0 aliphatic carbocycles. The van der Waals surface area contributed by atoms with Gasteiger partial charge in [0, 0.05) is 36.9 Å². The Kier molecular flexibility index (Phi) is 6.15. The molecule has 1 N–H and O–H groups in total. The summed E-state index contributed by atoms with van der Waals surface area (Å²) in [4.78, 5) is 29.7. The second-order valence-electron chi connectivity index (χ2n) is 8.82. The molecule has 0 atom stereocenters. The van der Waals surface area contributed by atoms with E-state index in [9.17, 15) is 9.59 Å². The fraction of sp³-hybridized carbons (Fsp3) is 0.222. The van der Waals surface area contributed by atoms with Gasteiger partial charge in [0.1, 0.15) is 5.57 Å². The third-order valence-electron chi connectivity index (χ3n) is 6.09. The van der Waals surface area contributed by atoms with E-state index in [1.54, 1.807) is 6.08 Å². The van der Waals surface area contributed by atoms with Crippen LogP contribution in [0, 0.1) is 27.7 Å². The number of amides is 2. The number of nitrogens with zero attached hydrogens (tertiary/aromatic N) is 3. The smallest absolute Gasteiger partial charge is 0.270 e. The fourth-order valence-electron chi connectivity index (χ4n) is 4.32. The van der Waals surface area contributed by atoms with E-state index in [-0.39, 0.29) is 10.7 Å². The van der Waals surface area contributed by atoms with Crippen molar-refractivity contribution < 1.29 is 9.59 Å². The van der Waals surface area contributed by atoms with Crippen molar-refractivity contribution in [2.24, 2.45) is 0 Å². The van der Waals surface area contributed by atoms with Crippen LogP contribution >= 0.6 is 12.2 Å². The molecule has 1 aliphatic rings. The molecule has 0 radical (unpaired) electrons. The van der Waals surface area contributed by atoms with Crippen molar-refractivity contribution >= 4 is 46.6 Å².